The van der Waals surface area contributed by atoms with E-state index in [9.17, 15) is 9.50 Å². The number of halogens is 2. The normalized spacial score (nSPS) is 25.9. The van der Waals surface area contributed by atoms with E-state index in [2.05, 4.69) is 4.98 Å². The van der Waals surface area contributed by atoms with E-state index < -0.39 is 17.5 Å². The van der Waals surface area contributed by atoms with Crippen molar-refractivity contribution < 1.29 is 14.2 Å². The van der Waals surface area contributed by atoms with Crippen LogP contribution in [0.4, 0.5) is 10.2 Å². The van der Waals surface area contributed by atoms with Crippen molar-refractivity contribution >= 4 is 17.4 Å². The molecule has 3 heterocycles. The van der Waals surface area contributed by atoms with Crippen LogP contribution in [0, 0.1) is 5.82 Å². The van der Waals surface area contributed by atoms with Crippen molar-refractivity contribution in [3.05, 3.63) is 23.1 Å². The highest BCUT2D eigenvalue weighted by atomic mass is 35.5. The fourth-order valence-corrected chi connectivity index (χ4v) is 3.27. The molecule has 110 valence electrons. The Balaban J connectivity index is 1.72. The first-order chi connectivity index (χ1) is 9.61. The number of aliphatic hydroxyl groups excluding tert-OH is 1. The van der Waals surface area contributed by atoms with Gasteiger partial charge in [-0.2, -0.15) is 0 Å². The molecule has 0 bridgehead atoms. The van der Waals surface area contributed by atoms with Gasteiger partial charge in [0.25, 0.3) is 0 Å². The van der Waals surface area contributed by atoms with Crippen molar-refractivity contribution in [2.75, 3.05) is 24.6 Å². The average Bonchev–Trinajstić information content (AvgIpc) is 2.44. The van der Waals surface area contributed by atoms with Gasteiger partial charge in [-0.15, -0.1) is 0 Å². The summed E-state index contributed by atoms with van der Waals surface area (Å²) in [4.78, 5) is 5.96. The lowest BCUT2D eigenvalue weighted by atomic mass is 9.82. The van der Waals surface area contributed by atoms with Crippen molar-refractivity contribution in [2.24, 2.45) is 0 Å². The highest BCUT2D eigenvalue weighted by molar-refractivity contribution is 6.30. The molecule has 2 fully saturated rings. The maximum Gasteiger partial charge on any atom is 0.167 e. The summed E-state index contributed by atoms with van der Waals surface area (Å²) in [6.45, 7) is 1.95. The van der Waals surface area contributed by atoms with Crippen molar-refractivity contribution in [2.45, 2.75) is 37.4 Å². The summed E-state index contributed by atoms with van der Waals surface area (Å²) in [7, 11) is 0. The van der Waals surface area contributed by atoms with Gasteiger partial charge in [-0.05, 0) is 31.7 Å². The summed E-state index contributed by atoms with van der Waals surface area (Å²) in [5.41, 5.74) is -0.447. The van der Waals surface area contributed by atoms with Crippen molar-refractivity contribution in [1.82, 2.24) is 4.98 Å². The van der Waals surface area contributed by atoms with E-state index in [-0.39, 0.29) is 0 Å². The minimum atomic E-state index is -0.447. The molecule has 6 heteroatoms. The molecule has 4 nitrogen and oxygen atoms in total. The van der Waals surface area contributed by atoms with E-state index in [0.29, 0.717) is 43.4 Å². The van der Waals surface area contributed by atoms with E-state index in [1.165, 1.54) is 12.3 Å². The molecule has 0 aromatic carbocycles. The summed E-state index contributed by atoms with van der Waals surface area (Å²) in [5.74, 6) is -0.0758. The molecular formula is C14H18ClFN2O2. The number of piperidine rings is 1. The van der Waals surface area contributed by atoms with E-state index >= 15 is 0 Å². The van der Waals surface area contributed by atoms with Crippen LogP contribution >= 0.6 is 11.6 Å². The van der Waals surface area contributed by atoms with Crippen molar-refractivity contribution in [1.29, 1.82) is 0 Å². The van der Waals surface area contributed by atoms with Crippen LogP contribution in [0.15, 0.2) is 12.3 Å². The number of anilines is 1. The third-order valence-electron chi connectivity index (χ3n) is 4.32. The summed E-state index contributed by atoms with van der Waals surface area (Å²) < 4.78 is 19.7. The van der Waals surface area contributed by atoms with E-state index in [1.54, 1.807) is 0 Å². The summed E-state index contributed by atoms with van der Waals surface area (Å²) in [6.07, 6.45) is 4.11. The summed E-state index contributed by atoms with van der Waals surface area (Å²) in [5, 5.41) is 10.5. The number of ether oxygens (including phenoxy) is 1. The Labute approximate surface area is 122 Å². The lowest BCUT2D eigenvalue weighted by molar-refractivity contribution is -0.164. The van der Waals surface area contributed by atoms with Gasteiger partial charge < -0.3 is 14.7 Å². The lowest BCUT2D eigenvalue weighted by Gasteiger charge is -2.47. The molecule has 0 amide bonds. The number of rotatable bonds is 1. The van der Waals surface area contributed by atoms with Gasteiger partial charge in [-0.1, -0.05) is 11.6 Å². The van der Waals surface area contributed by atoms with Crippen LogP contribution in [0.3, 0.4) is 0 Å². The lowest BCUT2D eigenvalue weighted by Crippen LogP contribution is -2.55. The van der Waals surface area contributed by atoms with Crippen LogP contribution in [0.25, 0.3) is 0 Å². The number of pyridine rings is 1. The molecule has 3 rings (SSSR count). The number of aromatic nitrogens is 1. The second-order valence-corrected chi connectivity index (χ2v) is 5.95. The zero-order valence-electron chi connectivity index (χ0n) is 11.2. The second-order valence-electron chi connectivity index (χ2n) is 5.52. The smallest absolute Gasteiger partial charge is 0.167 e. The Kier molecular flexibility index (Phi) is 3.84. The Hall–Kier alpha value is -0.910. The third kappa shape index (κ3) is 2.50. The molecule has 1 aromatic heterocycles. The van der Waals surface area contributed by atoms with Crippen LogP contribution in [0.2, 0.25) is 5.02 Å². The number of nitrogens with zero attached hydrogens (tertiary/aromatic N) is 2. The first-order valence-electron chi connectivity index (χ1n) is 6.99. The van der Waals surface area contributed by atoms with E-state index in [0.717, 1.165) is 12.8 Å². The molecule has 1 aromatic rings. The molecule has 2 aliphatic rings. The minimum Gasteiger partial charge on any atom is -0.390 e. The van der Waals surface area contributed by atoms with Crippen LogP contribution in [0.1, 0.15) is 25.7 Å². The highest BCUT2D eigenvalue weighted by Crippen LogP contribution is 2.36. The average molecular weight is 301 g/mol. The van der Waals surface area contributed by atoms with Crippen LogP contribution in [0.5, 0.6) is 0 Å². The molecule has 0 saturated carbocycles. The topological polar surface area (TPSA) is 45.6 Å². The Morgan fingerprint density at radius 3 is 2.85 bits per heavy atom. The second kappa shape index (κ2) is 5.47. The molecule has 1 N–H and O–H groups in total. The summed E-state index contributed by atoms with van der Waals surface area (Å²) in [6, 6.07) is 1.28. The summed E-state index contributed by atoms with van der Waals surface area (Å²) >= 11 is 5.72. The van der Waals surface area contributed by atoms with Gasteiger partial charge in [0.2, 0.25) is 0 Å². The predicted molar refractivity (Wildman–Crippen MR) is 74.6 cm³/mol. The van der Waals surface area contributed by atoms with Gasteiger partial charge in [0.15, 0.2) is 11.6 Å². The van der Waals surface area contributed by atoms with Crippen molar-refractivity contribution in [3.8, 4) is 0 Å². The fourth-order valence-electron chi connectivity index (χ4n) is 3.13. The van der Waals surface area contributed by atoms with Gasteiger partial charge in [0.1, 0.15) is 0 Å². The van der Waals surface area contributed by atoms with Gasteiger partial charge in [0.05, 0.1) is 16.7 Å². The van der Waals surface area contributed by atoms with E-state index in [1.807, 2.05) is 4.90 Å². The van der Waals surface area contributed by atoms with Gasteiger partial charge in [0, 0.05) is 25.9 Å². The van der Waals surface area contributed by atoms with Crippen LogP contribution < -0.4 is 4.90 Å². The molecule has 0 radical (unpaired) electrons. The molecule has 20 heavy (non-hydrogen) atoms. The van der Waals surface area contributed by atoms with Crippen molar-refractivity contribution in [3.63, 3.8) is 0 Å². The largest absolute Gasteiger partial charge is 0.390 e. The fraction of sp³-hybridized carbons (Fsp3) is 0.643. The Morgan fingerprint density at radius 1 is 1.45 bits per heavy atom. The Bertz CT molecular complexity index is 492. The van der Waals surface area contributed by atoms with E-state index in [4.69, 9.17) is 16.3 Å². The quantitative estimate of drug-likeness (QED) is 0.865. The molecule has 1 spiro atoms. The predicted octanol–water partition coefficient (Wildman–Crippen LogP) is 2.38. The highest BCUT2D eigenvalue weighted by Gasteiger charge is 2.44. The Morgan fingerprint density at radius 2 is 2.20 bits per heavy atom. The maximum absolute atomic E-state index is 13.9. The number of hydrogen-bond donors (Lipinski definition) is 1. The van der Waals surface area contributed by atoms with Crippen LogP contribution in [-0.4, -0.2) is 41.5 Å². The molecule has 1 atom stereocenters. The number of aliphatic hydroxyl groups is 1. The molecule has 2 saturated heterocycles. The SMILES string of the molecule is OC1CCCOC12CCN(c1ncc(Cl)cc1F)CC2. The third-order valence-corrected chi connectivity index (χ3v) is 4.52. The minimum absolute atomic E-state index is 0.297. The molecule has 0 aliphatic carbocycles. The zero-order valence-corrected chi connectivity index (χ0v) is 11.9. The molecular weight excluding hydrogens is 283 g/mol. The number of hydrogen-bond acceptors (Lipinski definition) is 4. The first kappa shape index (κ1) is 14.0. The maximum atomic E-state index is 13.9. The first-order valence-corrected chi connectivity index (χ1v) is 7.36. The van der Waals surface area contributed by atoms with Gasteiger partial charge in [-0.25, -0.2) is 9.37 Å². The van der Waals surface area contributed by atoms with Gasteiger partial charge in [-0.3, -0.25) is 0 Å². The monoisotopic (exact) mass is 300 g/mol. The van der Waals surface area contributed by atoms with Crippen LogP contribution in [-0.2, 0) is 4.74 Å². The molecule has 2 aliphatic heterocycles. The zero-order chi connectivity index (χ0) is 14.2. The standard InChI is InChI=1S/C14H18ClFN2O2/c15-10-8-11(16)13(17-9-10)18-5-3-14(4-6-18)12(19)2-1-7-20-14/h8-9,12,19H,1-7H2. The van der Waals surface area contributed by atoms with Gasteiger partial charge >= 0.3 is 0 Å². The molecule has 1 unspecified atom stereocenters.